The van der Waals surface area contributed by atoms with E-state index in [-0.39, 0.29) is 7.43 Å². The van der Waals surface area contributed by atoms with Crippen molar-refractivity contribution in [1.29, 1.82) is 0 Å². The van der Waals surface area contributed by atoms with Crippen LogP contribution in [0.4, 0.5) is 0 Å². The first kappa shape index (κ1) is 21.9. The van der Waals surface area contributed by atoms with E-state index in [1.165, 1.54) is 5.56 Å². The predicted octanol–water partition coefficient (Wildman–Crippen LogP) is 7.59. The molecule has 0 bridgehead atoms. The van der Waals surface area contributed by atoms with Crippen molar-refractivity contribution in [3.8, 4) is 0 Å². The van der Waals surface area contributed by atoms with Crippen molar-refractivity contribution in [2.45, 2.75) is 32.9 Å². The molecule has 2 aliphatic rings. The fourth-order valence-corrected chi connectivity index (χ4v) is 5.75. The Hall–Kier alpha value is 0.894. The molecule has 23 heavy (non-hydrogen) atoms. The summed E-state index contributed by atoms with van der Waals surface area (Å²) in [6, 6.07) is 10.9. The van der Waals surface area contributed by atoms with Gasteiger partial charge in [0.1, 0.15) is 0 Å². The van der Waals surface area contributed by atoms with E-state index in [1.807, 2.05) is 0 Å². The van der Waals surface area contributed by atoms with Crippen LogP contribution in [0.15, 0.2) is 35.9 Å². The summed E-state index contributed by atoms with van der Waals surface area (Å²) in [7, 11) is 14.9. The molecule has 1 aliphatic carbocycles. The molecule has 0 amide bonds. The van der Waals surface area contributed by atoms with Crippen LogP contribution in [0.3, 0.4) is 0 Å². The Morgan fingerprint density at radius 1 is 0.913 bits per heavy atom. The molecule has 0 saturated heterocycles. The minimum atomic E-state index is -1.92. The van der Waals surface area contributed by atoms with E-state index in [0.717, 1.165) is 28.9 Å². The topological polar surface area (TPSA) is 0 Å². The summed E-state index contributed by atoms with van der Waals surface area (Å²) in [5, 5.41) is 0.810. The first-order valence-electron chi connectivity index (χ1n) is 7.60. The summed E-state index contributed by atoms with van der Waals surface area (Å²) < 4.78 is 0. The Balaban J connectivity index is 0.000000478. The van der Waals surface area contributed by atoms with Gasteiger partial charge in [0.25, 0.3) is 0 Å². The summed E-state index contributed by atoms with van der Waals surface area (Å²) in [5.41, 5.74) is 3.06. The number of thioether (sulfide) groups is 1. The van der Waals surface area contributed by atoms with Gasteiger partial charge in [-0.2, -0.15) is 0 Å². The van der Waals surface area contributed by atoms with Gasteiger partial charge >= 0.3 is 42.6 Å². The third-order valence-corrected chi connectivity index (χ3v) is 7.03. The van der Waals surface area contributed by atoms with Gasteiger partial charge in [0.05, 0.1) is 0 Å². The summed E-state index contributed by atoms with van der Waals surface area (Å²) >= 11 is 0.221. The normalized spacial score (nSPS) is 31.9. The zero-order valence-corrected chi connectivity index (χ0v) is 19.0. The van der Waals surface area contributed by atoms with Crippen LogP contribution in [-0.2, 0) is 14.7 Å². The molecule has 0 radical (unpaired) electrons. The van der Waals surface area contributed by atoms with Gasteiger partial charge in [-0.3, -0.25) is 0 Å². The molecule has 5 unspecified atom stereocenters. The third kappa shape index (κ3) is 4.96. The van der Waals surface area contributed by atoms with Crippen LogP contribution in [0.5, 0.6) is 0 Å². The Morgan fingerprint density at radius 2 is 1.43 bits per heavy atom. The second-order valence-corrected chi connectivity index (χ2v) is 15.2. The van der Waals surface area contributed by atoms with E-state index in [9.17, 15) is 0 Å². The standard InChI is InChI=1S/C17H22S.CH3.3ClH.Ti/c1-10-11(2)15-13(4)16(18-17(15)12(10)3)14-8-6-5-7-9-14;;;;;/h5-12,15,17H,1-4H3;1H3;3*1H;/q;-1;;;;+4/p-3. The van der Waals surface area contributed by atoms with Crippen LogP contribution in [0, 0.1) is 31.1 Å². The molecule has 0 aromatic heterocycles. The number of allylic oxidation sites excluding steroid dienone is 1. The maximum absolute atomic E-state index is 4.97. The summed E-state index contributed by atoms with van der Waals surface area (Å²) in [6.45, 7) is 9.69. The van der Waals surface area contributed by atoms with Gasteiger partial charge < -0.3 is 7.43 Å². The number of hydrogen-bond donors (Lipinski definition) is 0. The van der Waals surface area contributed by atoms with Crippen LogP contribution in [-0.4, -0.2) is 5.25 Å². The van der Waals surface area contributed by atoms with Crippen molar-refractivity contribution >= 4 is 44.6 Å². The molecule has 5 heteroatoms. The Morgan fingerprint density at radius 3 is 1.91 bits per heavy atom. The van der Waals surface area contributed by atoms with Crippen LogP contribution in [0.2, 0.25) is 0 Å². The van der Waals surface area contributed by atoms with E-state index in [4.69, 9.17) is 27.9 Å². The van der Waals surface area contributed by atoms with Crippen LogP contribution >= 0.6 is 39.7 Å². The molecule has 1 saturated carbocycles. The van der Waals surface area contributed by atoms with E-state index in [1.54, 1.807) is 10.5 Å². The SMILES string of the molecule is CC1=C(c2ccccc2)SC2C(C)C(C)C(C)C12.[CH3-].[Cl][Ti+]([Cl])[Cl]. The molecule has 1 aromatic carbocycles. The van der Waals surface area contributed by atoms with Crippen LogP contribution in [0.1, 0.15) is 33.3 Å². The zero-order chi connectivity index (χ0) is 16.4. The second kappa shape index (κ2) is 9.55. The van der Waals surface area contributed by atoms with E-state index >= 15 is 0 Å². The molecule has 128 valence electrons. The second-order valence-electron chi connectivity index (χ2n) is 6.28. The van der Waals surface area contributed by atoms with Gasteiger partial charge in [-0.15, -0.1) is 11.8 Å². The molecule has 3 rings (SSSR count). The fraction of sp³-hybridized carbons (Fsp3) is 0.500. The number of rotatable bonds is 1. The average molecular weight is 428 g/mol. The molecular weight excluding hydrogens is 402 g/mol. The number of benzene rings is 1. The number of fused-ring (bicyclic) bond motifs is 1. The Labute approximate surface area is 163 Å². The monoisotopic (exact) mass is 426 g/mol. The minimum absolute atomic E-state index is 0. The van der Waals surface area contributed by atoms with Crippen molar-refractivity contribution in [3.63, 3.8) is 0 Å². The molecule has 0 N–H and O–H groups in total. The quantitative estimate of drug-likeness (QED) is 0.329. The van der Waals surface area contributed by atoms with Crippen molar-refractivity contribution in [3.05, 3.63) is 48.9 Å². The summed E-state index contributed by atoms with van der Waals surface area (Å²) in [6.07, 6.45) is 0. The number of hydrogen-bond acceptors (Lipinski definition) is 1. The van der Waals surface area contributed by atoms with Crippen molar-refractivity contribution < 1.29 is 14.7 Å². The van der Waals surface area contributed by atoms with Crippen molar-refractivity contribution in [2.24, 2.45) is 23.7 Å². The summed E-state index contributed by atoms with van der Waals surface area (Å²) in [4.78, 5) is 1.55. The molecule has 0 spiro atoms. The molecule has 1 fully saturated rings. The first-order chi connectivity index (χ1) is 10.3. The van der Waals surface area contributed by atoms with E-state index in [0.29, 0.717) is 0 Å². The molecule has 0 nitrogen and oxygen atoms in total. The van der Waals surface area contributed by atoms with E-state index in [2.05, 4.69) is 69.8 Å². The van der Waals surface area contributed by atoms with Crippen molar-refractivity contribution in [2.75, 3.05) is 0 Å². The van der Waals surface area contributed by atoms with Crippen molar-refractivity contribution in [1.82, 2.24) is 0 Å². The van der Waals surface area contributed by atoms with Gasteiger partial charge in [0, 0.05) is 10.2 Å². The average Bonchev–Trinajstić information content (AvgIpc) is 2.92. The summed E-state index contributed by atoms with van der Waals surface area (Å²) in [5.74, 6) is 3.33. The van der Waals surface area contributed by atoms with Gasteiger partial charge in [-0.1, -0.05) is 56.7 Å². The molecule has 1 aliphatic heterocycles. The molecular formula is C18H25Cl3STi. The fourth-order valence-electron chi connectivity index (χ4n) is 3.82. The van der Waals surface area contributed by atoms with Gasteiger partial charge in [-0.25, -0.2) is 0 Å². The van der Waals surface area contributed by atoms with Crippen LogP contribution in [0.25, 0.3) is 4.91 Å². The van der Waals surface area contributed by atoms with Gasteiger partial charge in [0.15, 0.2) is 0 Å². The molecule has 1 aromatic rings. The van der Waals surface area contributed by atoms with Crippen LogP contribution < -0.4 is 0 Å². The number of halogens is 3. The maximum atomic E-state index is 4.97. The predicted molar refractivity (Wildman–Crippen MR) is 105 cm³/mol. The molecule has 1 heterocycles. The Kier molecular flexibility index (Phi) is 9.11. The Bertz CT molecular complexity index is 530. The molecule has 5 atom stereocenters. The van der Waals surface area contributed by atoms with Gasteiger partial charge in [-0.05, 0) is 36.2 Å². The van der Waals surface area contributed by atoms with Gasteiger partial charge in [0.2, 0.25) is 0 Å². The first-order valence-corrected chi connectivity index (χ1v) is 14.9. The zero-order valence-electron chi connectivity index (χ0n) is 14.3. The van der Waals surface area contributed by atoms with E-state index < -0.39 is 14.7 Å². The third-order valence-electron chi connectivity index (χ3n) is 5.25.